The third-order valence-electron chi connectivity index (χ3n) is 6.29. The summed E-state index contributed by atoms with van der Waals surface area (Å²) in [4.78, 5) is 26.4. The fourth-order valence-corrected chi connectivity index (χ4v) is 4.88. The number of ether oxygens (including phenoxy) is 1. The highest BCUT2D eigenvalue weighted by atomic mass is 35.5. The molecule has 32 heavy (non-hydrogen) atoms. The van der Waals surface area contributed by atoms with Gasteiger partial charge in [-0.3, -0.25) is 13.9 Å². The first-order chi connectivity index (χ1) is 15.2. The molecule has 2 aromatic carbocycles. The zero-order chi connectivity index (χ0) is 22.8. The summed E-state index contributed by atoms with van der Waals surface area (Å²) >= 11 is 6.12. The molecule has 0 saturated carbocycles. The third-order valence-corrected chi connectivity index (χ3v) is 6.54. The molecular formula is C25H24ClN3O3. The van der Waals surface area contributed by atoms with E-state index in [0.717, 1.165) is 22.5 Å². The van der Waals surface area contributed by atoms with E-state index in [9.17, 15) is 9.59 Å². The maximum absolute atomic E-state index is 13.5. The molecule has 0 amide bonds. The maximum atomic E-state index is 13.5. The molecule has 0 radical (unpaired) electrons. The van der Waals surface area contributed by atoms with Gasteiger partial charge in [0, 0.05) is 19.1 Å². The van der Waals surface area contributed by atoms with Crippen molar-refractivity contribution in [3.63, 3.8) is 0 Å². The number of hydrogen-bond donors (Lipinski definition) is 0. The Balaban J connectivity index is 2.01. The Labute approximate surface area is 190 Å². The highest BCUT2D eigenvalue weighted by Crippen LogP contribution is 2.45. The van der Waals surface area contributed by atoms with Gasteiger partial charge in [0.15, 0.2) is 0 Å². The van der Waals surface area contributed by atoms with Crippen LogP contribution in [-0.4, -0.2) is 20.3 Å². The van der Waals surface area contributed by atoms with Crippen LogP contribution in [0.25, 0.3) is 22.2 Å². The van der Waals surface area contributed by atoms with Crippen LogP contribution >= 0.6 is 11.6 Å². The van der Waals surface area contributed by atoms with Crippen molar-refractivity contribution in [2.45, 2.75) is 25.5 Å². The average Bonchev–Trinajstić information content (AvgIpc) is 3.15. The van der Waals surface area contributed by atoms with Gasteiger partial charge in [-0.05, 0) is 37.1 Å². The Hall–Kier alpha value is -3.09. The van der Waals surface area contributed by atoms with E-state index in [-0.39, 0.29) is 11.2 Å². The van der Waals surface area contributed by atoms with Crippen molar-refractivity contribution in [2.75, 3.05) is 6.61 Å². The molecule has 6 nitrogen and oxygen atoms in total. The SMILES string of the molecule is Cn1c(=O)c2c(-c3ccccc3)n3c(c2n(C)c1=O)C(c1ccc(Cl)cc1)OCC3(C)C. The molecule has 1 atom stereocenters. The highest BCUT2D eigenvalue weighted by molar-refractivity contribution is 6.30. The van der Waals surface area contributed by atoms with E-state index >= 15 is 0 Å². The van der Waals surface area contributed by atoms with Gasteiger partial charge in [-0.15, -0.1) is 0 Å². The van der Waals surface area contributed by atoms with E-state index < -0.39 is 11.6 Å². The summed E-state index contributed by atoms with van der Waals surface area (Å²) in [5.41, 5.74) is 2.92. The van der Waals surface area contributed by atoms with Crippen molar-refractivity contribution >= 4 is 22.5 Å². The van der Waals surface area contributed by atoms with E-state index in [1.54, 1.807) is 11.6 Å². The molecule has 0 fully saturated rings. The molecule has 7 heteroatoms. The van der Waals surface area contributed by atoms with Crippen molar-refractivity contribution in [3.8, 4) is 11.3 Å². The van der Waals surface area contributed by atoms with Crippen LogP contribution in [-0.2, 0) is 24.4 Å². The first kappa shape index (κ1) is 20.8. The minimum absolute atomic E-state index is 0.311. The Kier molecular flexibility index (Phi) is 4.69. The van der Waals surface area contributed by atoms with Crippen LogP contribution in [0.5, 0.6) is 0 Å². The van der Waals surface area contributed by atoms with Crippen molar-refractivity contribution < 1.29 is 4.74 Å². The standard InChI is InChI=1S/C25H24ClN3O3/c1-25(2)14-32-22(16-10-12-17(26)13-11-16)21-20-18(23(30)28(4)24(31)27(20)3)19(29(21)25)15-8-6-5-7-9-15/h5-13,22H,14H2,1-4H3. The topological polar surface area (TPSA) is 58.2 Å². The maximum Gasteiger partial charge on any atom is 0.331 e. The quantitative estimate of drug-likeness (QED) is 0.460. The van der Waals surface area contributed by atoms with E-state index in [4.69, 9.17) is 16.3 Å². The normalized spacial score (nSPS) is 17.5. The molecule has 5 rings (SSSR count). The third kappa shape index (κ3) is 2.90. The molecule has 4 aromatic rings. The zero-order valence-corrected chi connectivity index (χ0v) is 19.2. The lowest BCUT2D eigenvalue weighted by molar-refractivity contribution is -0.00707. The van der Waals surface area contributed by atoms with Gasteiger partial charge < -0.3 is 9.30 Å². The first-order valence-corrected chi connectivity index (χ1v) is 10.9. The predicted molar refractivity (Wildman–Crippen MR) is 126 cm³/mol. The van der Waals surface area contributed by atoms with Crippen LogP contribution in [0.4, 0.5) is 0 Å². The number of halogens is 1. The molecule has 164 valence electrons. The second kappa shape index (κ2) is 7.22. The van der Waals surface area contributed by atoms with Crippen LogP contribution in [0.15, 0.2) is 64.2 Å². The van der Waals surface area contributed by atoms with Gasteiger partial charge in [-0.25, -0.2) is 4.79 Å². The molecule has 0 aliphatic carbocycles. The lowest BCUT2D eigenvalue weighted by Crippen LogP contribution is -2.40. The number of fused-ring (bicyclic) bond motifs is 3. The van der Waals surface area contributed by atoms with Crippen molar-refractivity contribution in [1.82, 2.24) is 13.7 Å². The van der Waals surface area contributed by atoms with Gasteiger partial charge >= 0.3 is 5.69 Å². The molecule has 1 unspecified atom stereocenters. The Morgan fingerprint density at radius 1 is 0.969 bits per heavy atom. The van der Waals surface area contributed by atoms with Crippen LogP contribution < -0.4 is 11.2 Å². The average molecular weight is 450 g/mol. The van der Waals surface area contributed by atoms with E-state index in [1.165, 1.54) is 11.6 Å². The van der Waals surface area contributed by atoms with Gasteiger partial charge in [0.05, 0.1) is 34.4 Å². The summed E-state index contributed by atoms with van der Waals surface area (Å²) < 4.78 is 11.3. The predicted octanol–water partition coefficient (Wildman–Crippen LogP) is 4.21. The van der Waals surface area contributed by atoms with Crippen molar-refractivity contribution in [2.24, 2.45) is 14.1 Å². The summed E-state index contributed by atoms with van der Waals surface area (Å²) in [6.07, 6.45) is -0.446. The zero-order valence-electron chi connectivity index (χ0n) is 18.4. The van der Waals surface area contributed by atoms with Crippen LogP contribution in [0, 0.1) is 0 Å². The number of benzene rings is 2. The Morgan fingerprint density at radius 3 is 2.28 bits per heavy atom. The number of rotatable bonds is 2. The smallest absolute Gasteiger partial charge is 0.331 e. The molecular weight excluding hydrogens is 426 g/mol. The number of aromatic nitrogens is 3. The largest absolute Gasteiger partial charge is 0.365 e. The van der Waals surface area contributed by atoms with Gasteiger partial charge in [-0.1, -0.05) is 54.1 Å². The van der Waals surface area contributed by atoms with E-state index in [0.29, 0.717) is 22.5 Å². The fraction of sp³-hybridized carbons (Fsp3) is 0.280. The van der Waals surface area contributed by atoms with Crippen LogP contribution in [0.3, 0.4) is 0 Å². The highest BCUT2D eigenvalue weighted by Gasteiger charge is 2.40. The lowest BCUT2D eigenvalue weighted by Gasteiger charge is -2.39. The molecule has 1 aliphatic rings. The van der Waals surface area contributed by atoms with Crippen LogP contribution in [0.2, 0.25) is 5.02 Å². The van der Waals surface area contributed by atoms with Gasteiger partial charge in [-0.2, -0.15) is 0 Å². The molecule has 0 bridgehead atoms. The lowest BCUT2D eigenvalue weighted by atomic mass is 9.98. The van der Waals surface area contributed by atoms with Gasteiger partial charge in [0.25, 0.3) is 5.56 Å². The van der Waals surface area contributed by atoms with Crippen molar-refractivity contribution in [1.29, 1.82) is 0 Å². The molecule has 1 aliphatic heterocycles. The van der Waals surface area contributed by atoms with E-state index in [1.807, 2.05) is 54.6 Å². The summed E-state index contributed by atoms with van der Waals surface area (Å²) in [5.74, 6) is 0. The van der Waals surface area contributed by atoms with Crippen LogP contribution in [0.1, 0.15) is 31.2 Å². The summed E-state index contributed by atoms with van der Waals surface area (Å²) in [7, 11) is 3.23. The first-order valence-electron chi connectivity index (χ1n) is 10.5. The second-order valence-electron chi connectivity index (χ2n) is 8.92. The molecule has 3 heterocycles. The fourth-order valence-electron chi connectivity index (χ4n) is 4.76. The summed E-state index contributed by atoms with van der Waals surface area (Å²) in [6.45, 7) is 4.62. The number of nitrogens with zero attached hydrogens (tertiary/aromatic N) is 3. The van der Waals surface area contributed by atoms with E-state index in [2.05, 4.69) is 18.4 Å². The van der Waals surface area contributed by atoms with Gasteiger partial charge in [0.1, 0.15) is 6.10 Å². The minimum Gasteiger partial charge on any atom is -0.365 e. The molecule has 0 saturated heterocycles. The molecule has 0 N–H and O–H groups in total. The number of aryl methyl sites for hydroxylation is 1. The Bertz CT molecular complexity index is 1460. The van der Waals surface area contributed by atoms with Crippen molar-refractivity contribution in [3.05, 3.63) is 91.7 Å². The monoisotopic (exact) mass is 449 g/mol. The summed E-state index contributed by atoms with van der Waals surface area (Å²) in [6, 6.07) is 17.4. The second-order valence-corrected chi connectivity index (χ2v) is 9.36. The number of hydrogen-bond acceptors (Lipinski definition) is 3. The molecule has 2 aromatic heterocycles. The minimum atomic E-state index is -0.446. The Morgan fingerprint density at radius 2 is 1.62 bits per heavy atom. The molecule has 0 spiro atoms. The summed E-state index contributed by atoms with van der Waals surface area (Å²) in [5, 5.41) is 1.16. The van der Waals surface area contributed by atoms with Gasteiger partial charge in [0.2, 0.25) is 0 Å².